The maximum atomic E-state index is 15.4. The number of amides is 1. The molecule has 1 amide bonds. The van der Waals surface area contributed by atoms with Crippen molar-refractivity contribution >= 4 is 35.6 Å². The molecule has 1 aromatic rings. The molecule has 11 atom stereocenters. The van der Waals surface area contributed by atoms with Crippen LogP contribution in [0.2, 0.25) is 0 Å². The Hall–Kier alpha value is -4.40. The van der Waals surface area contributed by atoms with Gasteiger partial charge in [-0.25, -0.2) is 9.59 Å². The van der Waals surface area contributed by atoms with Crippen LogP contribution in [0.25, 0.3) is 0 Å². The van der Waals surface area contributed by atoms with Crippen molar-refractivity contribution in [3.63, 3.8) is 0 Å². The number of Topliss-reactive ketones (excluding diaryl/α,β-unsaturated/α-hetero) is 1. The average Bonchev–Trinajstić information content (AvgIpc) is 3.84. The van der Waals surface area contributed by atoms with Gasteiger partial charge in [0, 0.05) is 31.1 Å². The van der Waals surface area contributed by atoms with Gasteiger partial charge in [0.05, 0.1) is 24.1 Å². The molecule has 1 aliphatic heterocycles. The lowest BCUT2D eigenvalue weighted by molar-refractivity contribution is -0.323. The monoisotopic (exact) mass is 779 g/mol. The number of aliphatic hydroxyl groups is 2. The van der Waals surface area contributed by atoms with Gasteiger partial charge in [-0.05, 0) is 74.3 Å². The van der Waals surface area contributed by atoms with E-state index < -0.39 is 107 Å². The van der Waals surface area contributed by atoms with Crippen LogP contribution in [0.1, 0.15) is 91.4 Å². The second-order valence-electron chi connectivity index (χ2n) is 17.0. The number of hydrogen-bond donors (Lipinski definition) is 3. The van der Waals surface area contributed by atoms with E-state index in [1.165, 1.54) is 19.1 Å². The van der Waals surface area contributed by atoms with Gasteiger partial charge in [-0.3, -0.25) is 19.2 Å². The molecule has 14 nitrogen and oxygen atoms in total. The van der Waals surface area contributed by atoms with Gasteiger partial charge in [0.25, 0.3) is 0 Å². The highest BCUT2D eigenvalue weighted by molar-refractivity contribution is 5.97. The second kappa shape index (κ2) is 14.8. The zero-order valence-electron chi connectivity index (χ0n) is 33.2. The maximum Gasteiger partial charge on any atom is 0.338 e. The van der Waals surface area contributed by atoms with Crippen molar-refractivity contribution in [1.29, 1.82) is 0 Å². The van der Waals surface area contributed by atoms with Gasteiger partial charge in [-0.2, -0.15) is 0 Å². The minimum Gasteiger partial charge on any atom is -0.456 e. The summed E-state index contributed by atoms with van der Waals surface area (Å²) in [6.07, 6.45) is -3.85. The predicted molar refractivity (Wildman–Crippen MR) is 197 cm³/mol. The zero-order valence-corrected chi connectivity index (χ0v) is 33.2. The first-order valence-electron chi connectivity index (χ1n) is 19.3. The van der Waals surface area contributed by atoms with Gasteiger partial charge in [0.2, 0.25) is 5.91 Å². The molecule has 1 saturated heterocycles. The number of aliphatic hydroxyl groups excluding tert-OH is 1. The first kappa shape index (κ1) is 41.2. The summed E-state index contributed by atoms with van der Waals surface area (Å²) >= 11 is 0. The van der Waals surface area contributed by atoms with E-state index in [9.17, 15) is 34.2 Å². The molecule has 0 aromatic heterocycles. The summed E-state index contributed by atoms with van der Waals surface area (Å²) < 4.78 is 30.5. The maximum absolute atomic E-state index is 15.4. The fourth-order valence-electron chi connectivity index (χ4n) is 10.2. The largest absolute Gasteiger partial charge is 0.456 e. The minimum atomic E-state index is -2.20. The van der Waals surface area contributed by atoms with E-state index in [-0.39, 0.29) is 42.4 Å². The summed E-state index contributed by atoms with van der Waals surface area (Å²) in [6, 6.07) is 7.06. The molecule has 304 valence electrons. The number of benzene rings is 1. The Morgan fingerprint density at radius 2 is 1.70 bits per heavy atom. The van der Waals surface area contributed by atoms with Crippen LogP contribution in [0, 0.1) is 28.6 Å². The quantitative estimate of drug-likeness (QED) is 0.128. The van der Waals surface area contributed by atoms with Crippen LogP contribution >= 0.6 is 0 Å². The van der Waals surface area contributed by atoms with Crippen LogP contribution in [0.5, 0.6) is 0 Å². The highest BCUT2D eigenvalue weighted by Crippen LogP contribution is 2.74. The molecule has 1 aromatic carbocycles. The molecule has 3 saturated carbocycles. The van der Waals surface area contributed by atoms with E-state index >= 15 is 4.79 Å². The fourth-order valence-corrected chi connectivity index (χ4v) is 10.2. The first-order chi connectivity index (χ1) is 26.2. The number of ketones is 1. The third kappa shape index (κ3) is 6.66. The van der Waals surface area contributed by atoms with Crippen molar-refractivity contribution in [3.05, 3.63) is 59.2 Å². The predicted octanol–water partition coefficient (Wildman–Crippen LogP) is 3.31. The van der Waals surface area contributed by atoms with Crippen LogP contribution in [0.3, 0.4) is 0 Å². The molecule has 1 heterocycles. The fraction of sp³-hybridized carbons (Fsp3) is 0.619. The highest BCUT2D eigenvalue weighted by Gasteiger charge is 2.84. The van der Waals surface area contributed by atoms with E-state index in [1.807, 2.05) is 13.8 Å². The Morgan fingerprint density at radius 1 is 1.02 bits per heavy atom. The third-order valence-corrected chi connectivity index (χ3v) is 12.8. The molecule has 2 bridgehead atoms. The Bertz CT molecular complexity index is 1850. The van der Waals surface area contributed by atoms with Crippen molar-refractivity contribution in [2.45, 2.75) is 129 Å². The summed E-state index contributed by atoms with van der Waals surface area (Å²) in [5.74, 6) is -6.00. The SMILES string of the molecule is C/C=C/C(=O)N[C@@H](CC(C)C)[C@@H](O)C(=O)O[C@H]1C[C@@]2(O)[C@@H](OC(=O)c3ccccc3)[C@@H]3[C@]4(OC(C)=O)CO[C@@H]4C[C@@H]4C[C@@]43C(=O)[C@H](OC(C)=O)C(=C1C)C2(C)C. The molecule has 0 radical (unpaired) electrons. The summed E-state index contributed by atoms with van der Waals surface area (Å²) in [5.41, 5.74) is -6.01. The Balaban J connectivity index is 1.53. The molecule has 4 fully saturated rings. The van der Waals surface area contributed by atoms with Crippen LogP contribution < -0.4 is 5.32 Å². The molecule has 3 N–H and O–H groups in total. The minimum absolute atomic E-state index is 0.0477. The molecule has 56 heavy (non-hydrogen) atoms. The second-order valence-corrected chi connectivity index (χ2v) is 17.0. The number of hydrogen-bond acceptors (Lipinski definition) is 13. The lowest BCUT2D eigenvalue weighted by Gasteiger charge is -2.64. The Kier molecular flexibility index (Phi) is 10.9. The summed E-state index contributed by atoms with van der Waals surface area (Å²) in [7, 11) is 0. The summed E-state index contributed by atoms with van der Waals surface area (Å²) in [5, 5.41) is 27.6. The van der Waals surface area contributed by atoms with Crippen molar-refractivity contribution in [2.24, 2.45) is 28.6 Å². The van der Waals surface area contributed by atoms with Crippen molar-refractivity contribution in [3.8, 4) is 0 Å². The Morgan fingerprint density at radius 3 is 2.27 bits per heavy atom. The van der Waals surface area contributed by atoms with Crippen LogP contribution in [0.15, 0.2) is 53.6 Å². The van der Waals surface area contributed by atoms with Gasteiger partial charge in [-0.15, -0.1) is 0 Å². The molecule has 0 unspecified atom stereocenters. The number of nitrogens with one attached hydrogen (secondary N) is 1. The number of carbonyl (C=O) groups is 6. The molecule has 4 aliphatic carbocycles. The molecule has 14 heteroatoms. The van der Waals surface area contributed by atoms with E-state index in [1.54, 1.807) is 58.0 Å². The topological polar surface area (TPSA) is 201 Å². The normalized spacial score (nSPS) is 34.9. The van der Waals surface area contributed by atoms with Crippen LogP contribution in [-0.2, 0) is 47.7 Å². The molecular formula is C42H53NO13. The number of allylic oxidation sites excluding steroid dienone is 1. The van der Waals surface area contributed by atoms with E-state index in [4.69, 9.17) is 23.7 Å². The van der Waals surface area contributed by atoms with Crippen molar-refractivity contribution in [1.82, 2.24) is 5.32 Å². The average molecular weight is 780 g/mol. The molecular weight excluding hydrogens is 726 g/mol. The highest BCUT2D eigenvalue weighted by atomic mass is 16.6. The first-order valence-corrected chi connectivity index (χ1v) is 19.3. The lowest BCUT2D eigenvalue weighted by atomic mass is 9.48. The van der Waals surface area contributed by atoms with Crippen LogP contribution in [-0.4, -0.2) is 100 Å². The number of rotatable bonds is 11. The number of fused-ring (bicyclic) bond motifs is 4. The van der Waals surface area contributed by atoms with E-state index in [0.29, 0.717) is 12.0 Å². The van der Waals surface area contributed by atoms with Gasteiger partial charge in [0.15, 0.2) is 23.6 Å². The van der Waals surface area contributed by atoms with E-state index in [0.717, 1.165) is 6.92 Å². The van der Waals surface area contributed by atoms with Gasteiger partial charge >= 0.3 is 23.9 Å². The molecule has 6 rings (SSSR count). The smallest absolute Gasteiger partial charge is 0.338 e. The standard InChI is InChI=1S/C42H53NO13/c1-9-13-30(46)43-27(16-21(2)3)32(47)38(50)54-28-19-42(51)36(55-37(49)25-14-11-10-12-15-25)34-40(18-26(40)17-29-41(34,20-52-29)56-24(6)45)35(48)33(53-23(5)44)31(22(28)4)39(42,7)8/h9-15,21,26-29,32-34,36,47,51H,16-20H2,1-8H3,(H,43,46)/b13-9+/t26-,27+,28+,29-,32-,33-,34+,36+,40-,41+,42-/m1/s1. The molecule has 5 aliphatic rings. The number of esters is 4. The van der Waals surface area contributed by atoms with Gasteiger partial charge in [0.1, 0.15) is 23.9 Å². The van der Waals surface area contributed by atoms with Crippen molar-refractivity contribution < 1.29 is 62.7 Å². The van der Waals surface area contributed by atoms with E-state index in [2.05, 4.69) is 5.32 Å². The van der Waals surface area contributed by atoms with Gasteiger partial charge < -0.3 is 39.2 Å². The lowest BCUT2D eigenvalue weighted by Crippen LogP contribution is -2.78. The van der Waals surface area contributed by atoms with Gasteiger partial charge in [-0.1, -0.05) is 52.0 Å². The molecule has 1 spiro atoms. The number of carbonyl (C=O) groups excluding carboxylic acids is 6. The third-order valence-electron chi connectivity index (χ3n) is 12.8. The number of ether oxygens (including phenoxy) is 5. The summed E-state index contributed by atoms with van der Waals surface area (Å²) in [6.45, 7) is 12.5. The summed E-state index contributed by atoms with van der Waals surface area (Å²) in [4.78, 5) is 81.7. The zero-order chi connectivity index (χ0) is 41.1. The Labute approximate surface area is 326 Å². The van der Waals surface area contributed by atoms with Crippen LogP contribution in [0.4, 0.5) is 0 Å². The van der Waals surface area contributed by atoms with Crippen molar-refractivity contribution in [2.75, 3.05) is 6.61 Å².